The Kier molecular flexibility index (Phi) is 4.62. The maximum absolute atomic E-state index is 8.75. The summed E-state index contributed by atoms with van der Waals surface area (Å²) in [5.41, 5.74) is 0.132. The molecule has 57 valence electrons. The largest absolute Gasteiger partial charge is 0.396 e. The molecule has 0 spiro atoms. The van der Waals surface area contributed by atoms with Crippen molar-refractivity contribution in [3.05, 3.63) is 13.3 Å². The Hall–Kier alpha value is 1.06. The quantitative estimate of drug-likeness (QED) is 0.656. The molecule has 0 bridgehead atoms. The van der Waals surface area contributed by atoms with Crippen molar-refractivity contribution in [3.63, 3.8) is 0 Å². The van der Waals surface area contributed by atoms with E-state index in [1.165, 1.54) is 0 Å². The van der Waals surface area contributed by atoms with Crippen LogP contribution >= 0.6 is 0 Å². The Labute approximate surface area is 88.5 Å². The molecule has 0 amide bonds. The SMILES string of the molecule is [CH2-][C@]1(C)[CH-]C[C@@H](CO)C1.[Y]. The number of aliphatic hydroxyl groups is 1. The number of hydrogen-bond acceptors (Lipinski definition) is 1. The Morgan fingerprint density at radius 2 is 2.40 bits per heavy atom. The van der Waals surface area contributed by atoms with Gasteiger partial charge in [0.25, 0.3) is 0 Å². The van der Waals surface area contributed by atoms with E-state index in [-0.39, 0.29) is 38.1 Å². The first-order chi connectivity index (χ1) is 4.14. The van der Waals surface area contributed by atoms with Gasteiger partial charge < -0.3 is 18.5 Å². The van der Waals surface area contributed by atoms with E-state index in [1.807, 2.05) is 0 Å². The summed E-state index contributed by atoms with van der Waals surface area (Å²) in [5, 5.41) is 8.75. The van der Waals surface area contributed by atoms with E-state index in [0.29, 0.717) is 12.5 Å². The summed E-state index contributed by atoms with van der Waals surface area (Å²) in [6.45, 7) is 6.44. The molecule has 10 heavy (non-hydrogen) atoms. The van der Waals surface area contributed by atoms with E-state index in [0.717, 1.165) is 12.8 Å². The molecule has 1 aliphatic carbocycles. The molecule has 1 nitrogen and oxygen atoms in total. The van der Waals surface area contributed by atoms with Crippen molar-refractivity contribution < 1.29 is 37.8 Å². The van der Waals surface area contributed by atoms with Crippen molar-refractivity contribution in [1.29, 1.82) is 0 Å². The van der Waals surface area contributed by atoms with E-state index in [9.17, 15) is 0 Å². The summed E-state index contributed by atoms with van der Waals surface area (Å²) in [7, 11) is 0. The van der Waals surface area contributed by atoms with Gasteiger partial charge in [0.05, 0.1) is 0 Å². The van der Waals surface area contributed by atoms with Crippen LogP contribution in [-0.4, -0.2) is 11.7 Å². The summed E-state index contributed by atoms with van der Waals surface area (Å²) >= 11 is 0. The van der Waals surface area contributed by atoms with Crippen LogP contribution in [0.4, 0.5) is 0 Å². The normalized spacial score (nSPS) is 39.3. The van der Waals surface area contributed by atoms with E-state index in [1.54, 1.807) is 0 Å². The topological polar surface area (TPSA) is 20.2 Å². The summed E-state index contributed by atoms with van der Waals surface area (Å²) in [6.07, 6.45) is 4.29. The maximum atomic E-state index is 8.75. The third-order valence-corrected chi connectivity index (χ3v) is 1.96. The maximum Gasteiger partial charge on any atom is 0.0433 e. The second-order valence-electron chi connectivity index (χ2n) is 3.35. The fraction of sp³-hybridized carbons (Fsp3) is 0.750. The molecular formula is C8H14OY-2. The molecule has 1 N–H and O–H groups in total. The second-order valence-corrected chi connectivity index (χ2v) is 3.35. The van der Waals surface area contributed by atoms with Crippen molar-refractivity contribution in [3.8, 4) is 0 Å². The van der Waals surface area contributed by atoms with E-state index in [2.05, 4.69) is 20.3 Å². The fourth-order valence-corrected chi connectivity index (χ4v) is 1.42. The Morgan fingerprint density at radius 1 is 1.80 bits per heavy atom. The van der Waals surface area contributed by atoms with Crippen LogP contribution in [0.15, 0.2) is 0 Å². The van der Waals surface area contributed by atoms with E-state index in [4.69, 9.17) is 5.11 Å². The minimum absolute atomic E-state index is 0. The molecule has 2 atom stereocenters. The molecule has 0 aromatic rings. The zero-order valence-electron chi connectivity index (χ0n) is 6.51. The van der Waals surface area contributed by atoms with Gasteiger partial charge in [0.1, 0.15) is 0 Å². The number of rotatable bonds is 1. The summed E-state index contributed by atoms with van der Waals surface area (Å²) in [6, 6.07) is 0. The van der Waals surface area contributed by atoms with Gasteiger partial charge in [-0.3, -0.25) is 5.41 Å². The van der Waals surface area contributed by atoms with Gasteiger partial charge in [-0.25, -0.2) is 0 Å². The molecule has 0 saturated heterocycles. The summed E-state index contributed by atoms with van der Waals surface area (Å²) < 4.78 is 0. The van der Waals surface area contributed by atoms with Crippen LogP contribution < -0.4 is 0 Å². The molecule has 1 saturated carbocycles. The predicted molar refractivity (Wildman–Crippen MR) is 37.6 cm³/mol. The van der Waals surface area contributed by atoms with Gasteiger partial charge in [0.15, 0.2) is 0 Å². The zero-order valence-corrected chi connectivity index (χ0v) is 9.35. The minimum Gasteiger partial charge on any atom is -0.396 e. The van der Waals surface area contributed by atoms with Crippen LogP contribution in [0.2, 0.25) is 0 Å². The van der Waals surface area contributed by atoms with Gasteiger partial charge in [-0.05, 0) is 5.92 Å². The third kappa shape index (κ3) is 2.98. The molecule has 0 aromatic heterocycles. The van der Waals surface area contributed by atoms with Gasteiger partial charge in [-0.1, -0.05) is 6.42 Å². The van der Waals surface area contributed by atoms with Crippen LogP contribution in [0.5, 0.6) is 0 Å². The van der Waals surface area contributed by atoms with Gasteiger partial charge in [-0.15, -0.1) is 6.92 Å². The first-order valence-corrected chi connectivity index (χ1v) is 3.45. The Bertz CT molecular complexity index is 101. The van der Waals surface area contributed by atoms with Crippen molar-refractivity contribution in [2.45, 2.75) is 19.8 Å². The Balaban J connectivity index is 0.000000810. The summed E-state index contributed by atoms with van der Waals surface area (Å²) in [5.74, 6) is 0.479. The first kappa shape index (κ1) is 11.1. The van der Waals surface area contributed by atoms with Gasteiger partial charge >= 0.3 is 0 Å². The third-order valence-electron chi connectivity index (χ3n) is 1.96. The molecule has 1 aliphatic rings. The van der Waals surface area contributed by atoms with E-state index < -0.39 is 0 Å². The number of hydrogen-bond donors (Lipinski definition) is 1. The second kappa shape index (κ2) is 4.18. The smallest absolute Gasteiger partial charge is 0.0433 e. The van der Waals surface area contributed by atoms with Gasteiger partial charge in [-0.2, -0.15) is 6.42 Å². The van der Waals surface area contributed by atoms with Crippen molar-refractivity contribution in [2.75, 3.05) is 6.61 Å². The van der Waals surface area contributed by atoms with Gasteiger partial charge in [0, 0.05) is 39.3 Å². The van der Waals surface area contributed by atoms with E-state index >= 15 is 0 Å². The molecular weight excluding hydrogens is 201 g/mol. The average molecular weight is 215 g/mol. The van der Waals surface area contributed by atoms with Crippen molar-refractivity contribution >= 4 is 0 Å². The van der Waals surface area contributed by atoms with Crippen LogP contribution in [0.25, 0.3) is 0 Å². The molecule has 1 radical (unpaired) electrons. The molecule has 0 unspecified atom stereocenters. The molecule has 0 aliphatic heterocycles. The fourth-order valence-electron chi connectivity index (χ4n) is 1.42. The molecule has 2 heteroatoms. The minimum atomic E-state index is 0. The van der Waals surface area contributed by atoms with Crippen LogP contribution in [0.1, 0.15) is 19.8 Å². The monoisotopic (exact) mass is 215 g/mol. The zero-order chi connectivity index (χ0) is 6.91. The summed E-state index contributed by atoms with van der Waals surface area (Å²) in [4.78, 5) is 0. The van der Waals surface area contributed by atoms with Crippen LogP contribution in [-0.2, 0) is 32.7 Å². The van der Waals surface area contributed by atoms with Gasteiger partial charge in [0.2, 0.25) is 0 Å². The molecule has 1 rings (SSSR count). The molecule has 0 aromatic carbocycles. The van der Waals surface area contributed by atoms with Crippen molar-refractivity contribution in [2.24, 2.45) is 11.3 Å². The first-order valence-electron chi connectivity index (χ1n) is 3.45. The van der Waals surface area contributed by atoms with Crippen LogP contribution in [0.3, 0.4) is 0 Å². The van der Waals surface area contributed by atoms with Crippen LogP contribution in [0, 0.1) is 24.7 Å². The average Bonchev–Trinajstić information content (AvgIpc) is 2.10. The predicted octanol–water partition coefficient (Wildman–Crippen LogP) is 1.43. The number of aliphatic hydroxyl groups excluding tert-OH is 1. The molecule has 0 heterocycles. The standard InChI is InChI=1S/C8H14O.Y/c1-8(2)4-3-7(5-8)6-9;/h4,7,9H,1,3,5-6H2,2H3;/q-2;/t7-,8+;/m1./s1. The molecule has 1 fully saturated rings. The Morgan fingerprint density at radius 3 is 2.60 bits per heavy atom. The van der Waals surface area contributed by atoms with Crippen molar-refractivity contribution in [1.82, 2.24) is 0 Å².